The molecule has 8 heteroatoms. The molecule has 2 aromatic carbocycles. The van der Waals surface area contributed by atoms with Gasteiger partial charge in [-0.25, -0.2) is 4.68 Å². The highest BCUT2D eigenvalue weighted by Gasteiger charge is 2.40. The second kappa shape index (κ2) is 8.67. The Morgan fingerprint density at radius 2 is 1.73 bits per heavy atom. The van der Waals surface area contributed by atoms with Crippen LogP contribution in [0.1, 0.15) is 46.4 Å². The van der Waals surface area contributed by atoms with Crippen molar-refractivity contribution >= 4 is 11.6 Å². The molecule has 1 aromatic heterocycles. The van der Waals surface area contributed by atoms with Crippen molar-refractivity contribution in [2.75, 3.05) is 18.4 Å². The standard InChI is InChI=1S/C25H25F3N4O/c26-25(27,28)23-22(16-29-32(23)21-5-2-1-3-6-21)24(33)30-19-10-9-17-11-13-31(20-7-4-8-20)14-12-18(17)15-19/h1-3,5-6,9-10,15-16,20H,4,7-8,11-14H2,(H,30,33). The zero-order valence-electron chi connectivity index (χ0n) is 18.1. The molecule has 2 heterocycles. The molecule has 0 atom stereocenters. The fourth-order valence-electron chi connectivity index (χ4n) is 4.69. The van der Waals surface area contributed by atoms with E-state index in [9.17, 15) is 18.0 Å². The van der Waals surface area contributed by atoms with E-state index in [2.05, 4.69) is 15.3 Å². The van der Waals surface area contributed by atoms with Crippen LogP contribution in [-0.4, -0.2) is 39.7 Å². The molecular formula is C25H25F3N4O. The minimum absolute atomic E-state index is 0.241. The monoisotopic (exact) mass is 454 g/mol. The topological polar surface area (TPSA) is 50.2 Å². The average Bonchev–Trinajstić information content (AvgIpc) is 3.12. The van der Waals surface area contributed by atoms with Gasteiger partial charge >= 0.3 is 6.18 Å². The lowest BCUT2D eigenvalue weighted by atomic mass is 9.91. The van der Waals surface area contributed by atoms with Crippen LogP contribution in [0.25, 0.3) is 5.69 Å². The summed E-state index contributed by atoms with van der Waals surface area (Å²) in [5.41, 5.74) is 1.53. The van der Waals surface area contributed by atoms with E-state index >= 15 is 0 Å². The van der Waals surface area contributed by atoms with Crippen LogP contribution in [0.3, 0.4) is 0 Å². The predicted molar refractivity (Wildman–Crippen MR) is 120 cm³/mol. The van der Waals surface area contributed by atoms with Gasteiger partial charge in [0.1, 0.15) is 0 Å². The fourth-order valence-corrected chi connectivity index (χ4v) is 4.69. The first-order valence-corrected chi connectivity index (χ1v) is 11.3. The van der Waals surface area contributed by atoms with Crippen LogP contribution in [0, 0.1) is 0 Å². The molecule has 1 aliphatic heterocycles. The van der Waals surface area contributed by atoms with Gasteiger partial charge in [0.2, 0.25) is 0 Å². The highest BCUT2D eigenvalue weighted by atomic mass is 19.4. The summed E-state index contributed by atoms with van der Waals surface area (Å²) in [5.74, 6) is -0.825. The Morgan fingerprint density at radius 3 is 2.39 bits per heavy atom. The summed E-state index contributed by atoms with van der Waals surface area (Å²) in [6, 6.07) is 14.3. The summed E-state index contributed by atoms with van der Waals surface area (Å²) in [7, 11) is 0. The molecule has 3 aromatic rings. The van der Waals surface area contributed by atoms with Gasteiger partial charge in [0, 0.05) is 24.8 Å². The number of anilines is 1. The van der Waals surface area contributed by atoms with E-state index in [1.54, 1.807) is 24.3 Å². The number of amides is 1. The molecule has 0 saturated heterocycles. The Hall–Kier alpha value is -3.13. The largest absolute Gasteiger partial charge is 0.434 e. The van der Waals surface area contributed by atoms with E-state index < -0.39 is 23.3 Å². The number of hydrogen-bond acceptors (Lipinski definition) is 3. The van der Waals surface area contributed by atoms with Gasteiger partial charge in [-0.3, -0.25) is 9.69 Å². The highest BCUT2D eigenvalue weighted by molar-refractivity contribution is 6.05. The molecule has 5 nitrogen and oxygen atoms in total. The smallest absolute Gasteiger partial charge is 0.322 e. The minimum Gasteiger partial charge on any atom is -0.322 e. The molecule has 2 aliphatic rings. The van der Waals surface area contributed by atoms with E-state index in [0.717, 1.165) is 42.4 Å². The van der Waals surface area contributed by atoms with Crippen molar-refractivity contribution in [3.63, 3.8) is 0 Å². The Morgan fingerprint density at radius 1 is 1.00 bits per heavy atom. The van der Waals surface area contributed by atoms with Crippen molar-refractivity contribution in [3.8, 4) is 5.69 Å². The van der Waals surface area contributed by atoms with Crippen LogP contribution in [0.4, 0.5) is 18.9 Å². The third-order valence-electron chi connectivity index (χ3n) is 6.68. The maximum atomic E-state index is 13.9. The number of para-hydroxylation sites is 1. The molecule has 0 spiro atoms. The molecule has 33 heavy (non-hydrogen) atoms. The van der Waals surface area contributed by atoms with E-state index in [4.69, 9.17) is 0 Å². The summed E-state index contributed by atoms with van der Waals surface area (Å²) in [5, 5.41) is 6.52. The number of carbonyl (C=O) groups excluding carboxylic acids is 1. The number of nitrogens with zero attached hydrogens (tertiary/aromatic N) is 3. The molecule has 5 rings (SSSR count). The fraction of sp³-hybridized carbons (Fsp3) is 0.360. The third kappa shape index (κ3) is 4.39. The summed E-state index contributed by atoms with van der Waals surface area (Å²) < 4.78 is 42.4. The minimum atomic E-state index is -4.74. The quantitative estimate of drug-likeness (QED) is 0.597. The first-order chi connectivity index (χ1) is 15.9. The van der Waals surface area contributed by atoms with Gasteiger partial charge in [0.05, 0.1) is 17.4 Å². The number of halogens is 3. The van der Waals surface area contributed by atoms with Crippen molar-refractivity contribution in [1.29, 1.82) is 0 Å². The van der Waals surface area contributed by atoms with E-state index in [-0.39, 0.29) is 5.69 Å². The summed E-state index contributed by atoms with van der Waals surface area (Å²) in [6.45, 7) is 1.99. The lowest BCUT2D eigenvalue weighted by molar-refractivity contribution is -0.143. The van der Waals surface area contributed by atoms with Gasteiger partial charge in [-0.15, -0.1) is 0 Å². The summed E-state index contributed by atoms with van der Waals surface area (Å²) in [4.78, 5) is 15.4. The van der Waals surface area contributed by atoms with E-state index in [0.29, 0.717) is 11.7 Å². The molecule has 0 bridgehead atoms. The SMILES string of the molecule is O=C(Nc1ccc2c(c1)CCN(C1CCC1)CC2)c1cnn(-c2ccccc2)c1C(F)(F)F. The van der Waals surface area contributed by atoms with E-state index in [1.165, 1.54) is 37.0 Å². The number of fused-ring (bicyclic) bond motifs is 1. The molecular weight excluding hydrogens is 429 g/mol. The Balaban J connectivity index is 1.37. The molecule has 1 saturated carbocycles. The number of benzene rings is 2. The Labute approximate surface area is 190 Å². The predicted octanol–water partition coefficient (Wildman–Crippen LogP) is 5.10. The average molecular weight is 454 g/mol. The summed E-state index contributed by atoms with van der Waals surface area (Å²) >= 11 is 0. The van der Waals surface area contributed by atoms with Crippen LogP contribution >= 0.6 is 0 Å². The number of nitrogens with one attached hydrogen (secondary N) is 1. The Bertz CT molecular complexity index is 1150. The van der Waals surface area contributed by atoms with Gasteiger partial charge in [0.25, 0.3) is 5.91 Å². The summed E-state index contributed by atoms with van der Waals surface area (Å²) in [6.07, 6.45) is 1.87. The molecule has 172 valence electrons. The first kappa shape index (κ1) is 21.7. The lowest BCUT2D eigenvalue weighted by Gasteiger charge is -2.36. The zero-order valence-corrected chi connectivity index (χ0v) is 18.1. The highest BCUT2D eigenvalue weighted by Crippen LogP contribution is 2.34. The van der Waals surface area contributed by atoms with Crippen LogP contribution in [-0.2, 0) is 19.0 Å². The molecule has 1 amide bonds. The van der Waals surface area contributed by atoms with Gasteiger partial charge in [-0.05, 0) is 61.1 Å². The normalized spacial score (nSPS) is 17.2. The van der Waals surface area contributed by atoms with Gasteiger partial charge < -0.3 is 5.32 Å². The van der Waals surface area contributed by atoms with Crippen LogP contribution < -0.4 is 5.32 Å². The van der Waals surface area contributed by atoms with Crippen molar-refractivity contribution in [2.24, 2.45) is 0 Å². The number of rotatable bonds is 4. The zero-order chi connectivity index (χ0) is 23.0. The van der Waals surface area contributed by atoms with Crippen LogP contribution in [0.2, 0.25) is 0 Å². The number of hydrogen-bond donors (Lipinski definition) is 1. The molecule has 1 fully saturated rings. The lowest BCUT2D eigenvalue weighted by Crippen LogP contribution is -2.41. The number of alkyl halides is 3. The van der Waals surface area contributed by atoms with Crippen LogP contribution in [0.5, 0.6) is 0 Å². The second-order valence-corrected chi connectivity index (χ2v) is 8.71. The maximum absolute atomic E-state index is 13.9. The Kier molecular flexibility index (Phi) is 5.70. The van der Waals surface area contributed by atoms with Crippen LogP contribution in [0.15, 0.2) is 54.7 Å². The van der Waals surface area contributed by atoms with Crippen molar-refractivity contribution in [3.05, 3.63) is 77.1 Å². The molecule has 0 unspecified atom stereocenters. The van der Waals surface area contributed by atoms with Crippen molar-refractivity contribution < 1.29 is 18.0 Å². The maximum Gasteiger partial charge on any atom is 0.434 e. The number of aromatic nitrogens is 2. The second-order valence-electron chi connectivity index (χ2n) is 8.71. The molecule has 1 N–H and O–H groups in total. The van der Waals surface area contributed by atoms with Crippen molar-refractivity contribution in [2.45, 2.75) is 44.3 Å². The first-order valence-electron chi connectivity index (χ1n) is 11.3. The molecule has 0 radical (unpaired) electrons. The third-order valence-corrected chi connectivity index (χ3v) is 6.68. The van der Waals surface area contributed by atoms with E-state index in [1.807, 2.05) is 12.1 Å². The van der Waals surface area contributed by atoms with Gasteiger partial charge in [-0.2, -0.15) is 18.3 Å². The van der Waals surface area contributed by atoms with Gasteiger partial charge in [0.15, 0.2) is 5.69 Å². The number of carbonyl (C=O) groups is 1. The van der Waals surface area contributed by atoms with Crippen molar-refractivity contribution in [1.82, 2.24) is 14.7 Å². The molecule has 1 aliphatic carbocycles. The van der Waals surface area contributed by atoms with Gasteiger partial charge in [-0.1, -0.05) is 30.7 Å².